The van der Waals surface area contributed by atoms with Crippen LogP contribution in [-0.4, -0.2) is 50.8 Å². The van der Waals surface area contributed by atoms with Crippen molar-refractivity contribution < 1.29 is 24.2 Å². The highest BCUT2D eigenvalue weighted by Crippen LogP contribution is 2.28. The molecule has 0 saturated heterocycles. The van der Waals surface area contributed by atoms with Crippen LogP contribution in [0.1, 0.15) is 47.1 Å². The molecule has 10 nitrogen and oxygen atoms in total. The van der Waals surface area contributed by atoms with Crippen LogP contribution < -0.4 is 21.5 Å². The summed E-state index contributed by atoms with van der Waals surface area (Å²) in [6.07, 6.45) is 0.337. The summed E-state index contributed by atoms with van der Waals surface area (Å²) in [6.45, 7) is 5.64. The SMILES string of the molecule is Cn1cc(-c2cccc(NC(=O)c3ccc(C(C)(C)C)cc3)c2F)nc(Nc2ccc(C(=O)NCC(O)CO)cc2)c1=O. The fourth-order valence-electron chi connectivity index (χ4n) is 4.18. The number of aliphatic hydroxyl groups excluding tert-OH is 2. The quantitative estimate of drug-likeness (QED) is 0.199. The number of hydrogen-bond donors (Lipinski definition) is 5. The summed E-state index contributed by atoms with van der Waals surface area (Å²) in [6, 6.07) is 17.8. The van der Waals surface area contributed by atoms with Gasteiger partial charge in [-0.25, -0.2) is 9.37 Å². The van der Waals surface area contributed by atoms with Gasteiger partial charge in [0.2, 0.25) is 0 Å². The van der Waals surface area contributed by atoms with E-state index >= 15 is 4.39 Å². The molecule has 0 aliphatic rings. The summed E-state index contributed by atoms with van der Waals surface area (Å²) in [5, 5.41) is 26.3. The predicted octanol–water partition coefficient (Wildman–Crippen LogP) is 3.96. The third-order valence-corrected chi connectivity index (χ3v) is 6.73. The molecule has 224 valence electrons. The normalized spacial score (nSPS) is 12.0. The maximum absolute atomic E-state index is 15.7. The van der Waals surface area contributed by atoms with Crippen LogP contribution in [-0.2, 0) is 12.5 Å². The van der Waals surface area contributed by atoms with Gasteiger partial charge in [0.25, 0.3) is 17.4 Å². The number of carbonyl (C=O) groups excluding carboxylic acids is 2. The van der Waals surface area contributed by atoms with E-state index in [1.807, 2.05) is 12.1 Å². The number of nitrogens with zero attached hydrogens (tertiary/aromatic N) is 2. The molecule has 5 N–H and O–H groups in total. The van der Waals surface area contributed by atoms with Gasteiger partial charge in [-0.2, -0.15) is 0 Å². The maximum atomic E-state index is 15.7. The highest BCUT2D eigenvalue weighted by molar-refractivity contribution is 6.04. The van der Waals surface area contributed by atoms with Crippen molar-refractivity contribution in [3.63, 3.8) is 0 Å². The van der Waals surface area contributed by atoms with Crippen LogP contribution >= 0.6 is 0 Å². The van der Waals surface area contributed by atoms with Crippen LogP contribution in [0.2, 0.25) is 0 Å². The van der Waals surface area contributed by atoms with Gasteiger partial charge in [0.1, 0.15) is 0 Å². The molecule has 0 spiro atoms. The van der Waals surface area contributed by atoms with Crippen molar-refractivity contribution in [2.75, 3.05) is 23.8 Å². The molecule has 3 aromatic carbocycles. The Kier molecular flexibility index (Phi) is 9.37. The van der Waals surface area contributed by atoms with E-state index in [0.717, 1.165) is 5.56 Å². The van der Waals surface area contributed by atoms with Gasteiger partial charge in [0, 0.05) is 42.2 Å². The molecule has 0 fully saturated rings. The van der Waals surface area contributed by atoms with E-state index in [1.54, 1.807) is 30.3 Å². The third-order valence-electron chi connectivity index (χ3n) is 6.73. The van der Waals surface area contributed by atoms with E-state index in [4.69, 9.17) is 5.11 Å². The van der Waals surface area contributed by atoms with Crippen LogP contribution in [0.5, 0.6) is 0 Å². The number of aromatic nitrogens is 2. The van der Waals surface area contributed by atoms with Gasteiger partial charge in [0.15, 0.2) is 11.6 Å². The molecule has 0 radical (unpaired) electrons. The number of halogens is 1. The van der Waals surface area contributed by atoms with E-state index in [-0.39, 0.29) is 34.7 Å². The van der Waals surface area contributed by atoms with Gasteiger partial charge < -0.3 is 30.7 Å². The zero-order valence-electron chi connectivity index (χ0n) is 24.3. The first-order valence-corrected chi connectivity index (χ1v) is 13.6. The lowest BCUT2D eigenvalue weighted by Gasteiger charge is -2.19. The van der Waals surface area contributed by atoms with Crippen LogP contribution in [0.3, 0.4) is 0 Å². The molecule has 0 saturated carbocycles. The van der Waals surface area contributed by atoms with Gasteiger partial charge in [-0.15, -0.1) is 0 Å². The number of rotatable bonds is 9. The molecule has 4 aromatic rings. The minimum atomic E-state index is -1.06. The van der Waals surface area contributed by atoms with Crippen LogP contribution in [0.4, 0.5) is 21.6 Å². The lowest BCUT2D eigenvalue weighted by Crippen LogP contribution is -2.33. The van der Waals surface area contributed by atoms with E-state index < -0.39 is 35.9 Å². The molecule has 43 heavy (non-hydrogen) atoms. The van der Waals surface area contributed by atoms with Gasteiger partial charge in [-0.05, 0) is 59.5 Å². The number of benzene rings is 3. The van der Waals surface area contributed by atoms with Gasteiger partial charge >= 0.3 is 0 Å². The summed E-state index contributed by atoms with van der Waals surface area (Å²) in [4.78, 5) is 42.3. The van der Waals surface area contributed by atoms with Gasteiger partial charge in [-0.3, -0.25) is 14.4 Å². The molecule has 0 bridgehead atoms. The summed E-state index contributed by atoms with van der Waals surface area (Å²) in [5.41, 5.74) is 1.87. The number of carbonyl (C=O) groups is 2. The molecule has 0 aliphatic heterocycles. The van der Waals surface area contributed by atoms with Gasteiger partial charge in [0.05, 0.1) is 24.1 Å². The Morgan fingerprint density at radius 2 is 1.60 bits per heavy atom. The fourth-order valence-corrected chi connectivity index (χ4v) is 4.18. The van der Waals surface area contributed by atoms with Crippen molar-refractivity contribution in [3.8, 4) is 11.3 Å². The number of amides is 2. The summed E-state index contributed by atoms with van der Waals surface area (Å²) >= 11 is 0. The van der Waals surface area contributed by atoms with Gasteiger partial charge in [-0.1, -0.05) is 39.0 Å². The van der Waals surface area contributed by atoms with Crippen LogP contribution in [0.15, 0.2) is 77.7 Å². The minimum Gasteiger partial charge on any atom is -0.394 e. The number of aryl methyl sites for hydroxylation is 1. The fraction of sp³-hybridized carbons (Fsp3) is 0.250. The van der Waals surface area contributed by atoms with Crippen LogP contribution in [0, 0.1) is 5.82 Å². The maximum Gasteiger partial charge on any atom is 0.293 e. The number of anilines is 3. The number of hydrogen-bond acceptors (Lipinski definition) is 7. The zero-order valence-corrected chi connectivity index (χ0v) is 24.3. The zero-order chi connectivity index (χ0) is 31.3. The Morgan fingerprint density at radius 3 is 2.23 bits per heavy atom. The van der Waals surface area contributed by atoms with Crippen LogP contribution in [0.25, 0.3) is 11.3 Å². The molecule has 11 heteroatoms. The number of nitrogens with one attached hydrogen (secondary N) is 3. The van der Waals surface area contributed by atoms with Crippen molar-refractivity contribution in [2.24, 2.45) is 7.05 Å². The first-order valence-electron chi connectivity index (χ1n) is 13.6. The Bertz CT molecular complexity index is 1680. The standard InChI is InChI=1S/C32H34FN5O5/c1-32(2,3)21-12-8-20(9-13-21)30(42)37-25-7-5-6-24(27(25)33)26-17-38(4)31(43)28(36-26)35-22-14-10-19(11-15-22)29(41)34-16-23(40)18-39/h5-15,17,23,39-40H,16,18H2,1-4H3,(H,34,41)(H,35,36)(H,37,42). The second-order valence-electron chi connectivity index (χ2n) is 11.1. The summed E-state index contributed by atoms with van der Waals surface area (Å²) in [7, 11) is 1.51. The lowest BCUT2D eigenvalue weighted by molar-refractivity contribution is 0.0802. The first kappa shape index (κ1) is 31.1. The average Bonchev–Trinajstić information content (AvgIpc) is 2.99. The van der Waals surface area contributed by atoms with Crippen molar-refractivity contribution in [1.82, 2.24) is 14.9 Å². The molecule has 0 aliphatic carbocycles. The Balaban J connectivity index is 1.54. The smallest absolute Gasteiger partial charge is 0.293 e. The summed E-state index contributed by atoms with van der Waals surface area (Å²) < 4.78 is 16.9. The second-order valence-corrected chi connectivity index (χ2v) is 11.1. The Labute approximate surface area is 248 Å². The molecule has 1 unspecified atom stereocenters. The molecule has 4 rings (SSSR count). The highest BCUT2D eigenvalue weighted by Gasteiger charge is 2.18. The van der Waals surface area contributed by atoms with Crippen molar-refractivity contribution >= 4 is 29.0 Å². The monoisotopic (exact) mass is 587 g/mol. The predicted molar refractivity (Wildman–Crippen MR) is 163 cm³/mol. The lowest BCUT2D eigenvalue weighted by atomic mass is 9.87. The molecule has 2 amide bonds. The number of aliphatic hydroxyl groups is 2. The van der Waals surface area contributed by atoms with E-state index in [1.165, 1.54) is 42.1 Å². The van der Waals surface area contributed by atoms with Crippen molar-refractivity contribution in [1.29, 1.82) is 0 Å². The molecule has 1 heterocycles. The third kappa shape index (κ3) is 7.51. The van der Waals surface area contributed by atoms with E-state index in [2.05, 4.69) is 41.7 Å². The van der Waals surface area contributed by atoms with E-state index in [0.29, 0.717) is 16.8 Å². The Morgan fingerprint density at radius 1 is 0.977 bits per heavy atom. The average molecular weight is 588 g/mol. The molecular formula is C32H34FN5O5. The summed E-state index contributed by atoms with van der Waals surface area (Å²) in [5.74, 6) is -1.69. The topological polar surface area (TPSA) is 146 Å². The second kappa shape index (κ2) is 13.0. The van der Waals surface area contributed by atoms with Crippen molar-refractivity contribution in [3.05, 3.63) is 106 Å². The minimum absolute atomic E-state index is 0.0343. The molecular weight excluding hydrogens is 553 g/mol. The largest absolute Gasteiger partial charge is 0.394 e. The van der Waals surface area contributed by atoms with E-state index in [9.17, 15) is 19.5 Å². The first-order chi connectivity index (χ1) is 20.4. The molecule has 1 atom stereocenters. The Hall–Kier alpha value is -4.87. The van der Waals surface area contributed by atoms with Crippen molar-refractivity contribution in [2.45, 2.75) is 32.3 Å². The highest BCUT2D eigenvalue weighted by atomic mass is 19.1. The molecule has 1 aromatic heterocycles.